The standard InChI is InChI=1S/C13H15Cl2NO2/c1-8(11-3-2-10(14)5-12(11)15)16-6-9(7-17)4-13(16)18/h2-3,5,8-9,17H,4,6-7H2,1H3. The lowest BCUT2D eigenvalue weighted by Gasteiger charge is -2.26. The summed E-state index contributed by atoms with van der Waals surface area (Å²) in [5, 5.41) is 10.3. The van der Waals surface area contributed by atoms with Crippen LogP contribution < -0.4 is 0 Å². The van der Waals surface area contributed by atoms with Crippen molar-refractivity contribution in [2.45, 2.75) is 19.4 Å². The first-order valence-corrected chi connectivity index (χ1v) is 6.63. The molecular weight excluding hydrogens is 273 g/mol. The zero-order valence-electron chi connectivity index (χ0n) is 10.1. The Hall–Kier alpha value is -0.770. The molecule has 0 aromatic heterocycles. The number of likely N-dealkylation sites (tertiary alicyclic amines) is 1. The highest BCUT2D eigenvalue weighted by Gasteiger charge is 2.33. The predicted molar refractivity (Wildman–Crippen MR) is 71.8 cm³/mol. The number of halogens is 2. The SMILES string of the molecule is CC(c1ccc(Cl)cc1Cl)N1CC(CO)CC1=O. The van der Waals surface area contributed by atoms with E-state index in [0.717, 1.165) is 5.56 Å². The largest absolute Gasteiger partial charge is 0.396 e. The van der Waals surface area contributed by atoms with Crippen molar-refractivity contribution in [2.75, 3.05) is 13.2 Å². The van der Waals surface area contributed by atoms with E-state index in [-0.39, 0.29) is 24.5 Å². The van der Waals surface area contributed by atoms with Crippen molar-refractivity contribution in [2.24, 2.45) is 5.92 Å². The molecule has 2 rings (SSSR count). The fraction of sp³-hybridized carbons (Fsp3) is 0.462. The normalized spacial score (nSPS) is 21.4. The van der Waals surface area contributed by atoms with Crippen LogP contribution in [-0.2, 0) is 4.79 Å². The molecule has 1 N–H and O–H groups in total. The van der Waals surface area contributed by atoms with Gasteiger partial charge in [0.15, 0.2) is 0 Å². The van der Waals surface area contributed by atoms with Gasteiger partial charge in [0.25, 0.3) is 0 Å². The number of carbonyl (C=O) groups is 1. The molecule has 18 heavy (non-hydrogen) atoms. The summed E-state index contributed by atoms with van der Waals surface area (Å²) in [6, 6.07) is 5.19. The van der Waals surface area contributed by atoms with E-state index in [1.165, 1.54) is 0 Å². The van der Waals surface area contributed by atoms with Gasteiger partial charge in [-0.3, -0.25) is 4.79 Å². The van der Waals surface area contributed by atoms with Gasteiger partial charge in [-0.2, -0.15) is 0 Å². The zero-order valence-corrected chi connectivity index (χ0v) is 11.6. The van der Waals surface area contributed by atoms with Crippen molar-refractivity contribution in [1.29, 1.82) is 0 Å². The number of amides is 1. The second-order valence-electron chi connectivity index (χ2n) is 4.64. The third kappa shape index (κ3) is 2.63. The van der Waals surface area contributed by atoms with E-state index in [4.69, 9.17) is 28.3 Å². The minimum atomic E-state index is -0.0983. The van der Waals surface area contributed by atoms with Gasteiger partial charge in [0.1, 0.15) is 0 Å². The number of hydrogen-bond acceptors (Lipinski definition) is 2. The predicted octanol–water partition coefficient (Wildman–Crippen LogP) is 2.90. The van der Waals surface area contributed by atoms with Crippen LogP contribution in [0.1, 0.15) is 24.9 Å². The Bertz CT molecular complexity index is 464. The molecule has 0 radical (unpaired) electrons. The lowest BCUT2D eigenvalue weighted by atomic mass is 10.1. The van der Waals surface area contributed by atoms with Gasteiger partial charge >= 0.3 is 0 Å². The fourth-order valence-electron chi connectivity index (χ4n) is 2.31. The maximum atomic E-state index is 11.9. The van der Waals surface area contributed by atoms with Gasteiger partial charge < -0.3 is 10.0 Å². The van der Waals surface area contributed by atoms with Gasteiger partial charge in [-0.25, -0.2) is 0 Å². The molecule has 1 saturated heterocycles. The summed E-state index contributed by atoms with van der Waals surface area (Å²) in [6.07, 6.45) is 0.409. The summed E-state index contributed by atoms with van der Waals surface area (Å²) in [4.78, 5) is 13.6. The third-order valence-electron chi connectivity index (χ3n) is 3.38. The quantitative estimate of drug-likeness (QED) is 0.929. The van der Waals surface area contributed by atoms with Gasteiger partial charge in [0, 0.05) is 35.5 Å². The highest BCUT2D eigenvalue weighted by atomic mass is 35.5. The molecule has 1 aromatic carbocycles. The Labute approximate surface area is 116 Å². The fourth-order valence-corrected chi connectivity index (χ4v) is 2.88. The molecule has 1 fully saturated rings. The summed E-state index contributed by atoms with van der Waals surface area (Å²) >= 11 is 12.0. The smallest absolute Gasteiger partial charge is 0.223 e. The van der Waals surface area contributed by atoms with Crippen molar-refractivity contribution < 1.29 is 9.90 Å². The maximum Gasteiger partial charge on any atom is 0.223 e. The molecule has 1 aromatic rings. The zero-order chi connectivity index (χ0) is 13.3. The van der Waals surface area contributed by atoms with E-state index < -0.39 is 0 Å². The number of benzene rings is 1. The molecule has 2 unspecified atom stereocenters. The van der Waals surface area contributed by atoms with Crippen LogP contribution in [0.15, 0.2) is 18.2 Å². The summed E-state index contributed by atoms with van der Waals surface area (Å²) in [7, 11) is 0. The van der Waals surface area contributed by atoms with E-state index in [0.29, 0.717) is 23.0 Å². The van der Waals surface area contributed by atoms with Gasteiger partial charge in [-0.15, -0.1) is 0 Å². The average Bonchev–Trinajstić information content (AvgIpc) is 2.70. The number of rotatable bonds is 3. The summed E-state index contributed by atoms with van der Waals surface area (Å²) in [5.74, 6) is 0.0959. The Morgan fingerprint density at radius 3 is 2.78 bits per heavy atom. The lowest BCUT2D eigenvalue weighted by Crippen LogP contribution is -2.29. The second kappa shape index (κ2) is 5.47. The molecule has 1 heterocycles. The second-order valence-corrected chi connectivity index (χ2v) is 5.48. The molecule has 5 heteroatoms. The van der Waals surface area contributed by atoms with Crippen LogP contribution in [0.4, 0.5) is 0 Å². The van der Waals surface area contributed by atoms with Gasteiger partial charge in [0.2, 0.25) is 5.91 Å². The summed E-state index contributed by atoms with van der Waals surface area (Å²) in [5.41, 5.74) is 0.882. The first-order chi connectivity index (χ1) is 8.52. The number of hydrogen-bond donors (Lipinski definition) is 1. The van der Waals surface area contributed by atoms with Crippen LogP contribution in [0.3, 0.4) is 0 Å². The minimum Gasteiger partial charge on any atom is -0.396 e. The molecule has 1 amide bonds. The summed E-state index contributed by atoms with van der Waals surface area (Å²) < 4.78 is 0. The van der Waals surface area contributed by atoms with Crippen LogP contribution in [0.5, 0.6) is 0 Å². The Kier molecular flexibility index (Phi) is 4.15. The summed E-state index contributed by atoms with van der Waals surface area (Å²) in [6.45, 7) is 2.56. The van der Waals surface area contributed by atoms with Crippen molar-refractivity contribution >= 4 is 29.1 Å². The molecule has 1 aliphatic heterocycles. The van der Waals surface area contributed by atoms with Crippen LogP contribution in [-0.4, -0.2) is 29.1 Å². The van der Waals surface area contributed by atoms with E-state index in [1.54, 1.807) is 17.0 Å². The Balaban J connectivity index is 2.21. The van der Waals surface area contributed by atoms with Crippen molar-refractivity contribution in [3.05, 3.63) is 33.8 Å². The molecule has 0 spiro atoms. The molecule has 0 saturated carbocycles. The molecule has 0 bridgehead atoms. The monoisotopic (exact) mass is 287 g/mol. The van der Waals surface area contributed by atoms with Gasteiger partial charge in [-0.05, 0) is 24.6 Å². The number of nitrogens with zero attached hydrogens (tertiary/aromatic N) is 1. The van der Waals surface area contributed by atoms with Gasteiger partial charge in [0.05, 0.1) is 6.04 Å². The van der Waals surface area contributed by atoms with E-state index in [1.807, 2.05) is 13.0 Å². The third-order valence-corrected chi connectivity index (χ3v) is 3.94. The first-order valence-electron chi connectivity index (χ1n) is 5.88. The van der Waals surface area contributed by atoms with Crippen LogP contribution >= 0.6 is 23.2 Å². The molecule has 98 valence electrons. The van der Waals surface area contributed by atoms with Crippen molar-refractivity contribution in [1.82, 2.24) is 4.90 Å². The maximum absolute atomic E-state index is 11.9. The van der Waals surface area contributed by atoms with E-state index in [2.05, 4.69) is 0 Å². The average molecular weight is 288 g/mol. The van der Waals surface area contributed by atoms with Crippen LogP contribution in [0.2, 0.25) is 10.0 Å². The number of aliphatic hydroxyl groups is 1. The van der Waals surface area contributed by atoms with E-state index in [9.17, 15) is 4.79 Å². The van der Waals surface area contributed by atoms with Crippen LogP contribution in [0.25, 0.3) is 0 Å². The van der Waals surface area contributed by atoms with Crippen molar-refractivity contribution in [3.63, 3.8) is 0 Å². The Morgan fingerprint density at radius 1 is 1.50 bits per heavy atom. The topological polar surface area (TPSA) is 40.5 Å². The van der Waals surface area contributed by atoms with Crippen molar-refractivity contribution in [3.8, 4) is 0 Å². The molecule has 2 atom stereocenters. The number of carbonyl (C=O) groups excluding carboxylic acids is 1. The van der Waals surface area contributed by atoms with E-state index >= 15 is 0 Å². The van der Waals surface area contributed by atoms with Gasteiger partial charge in [-0.1, -0.05) is 29.3 Å². The highest BCUT2D eigenvalue weighted by molar-refractivity contribution is 6.35. The molecular formula is C13H15Cl2NO2. The first kappa shape index (κ1) is 13.7. The minimum absolute atomic E-state index is 0.0334. The number of aliphatic hydroxyl groups excluding tert-OH is 1. The molecule has 1 aliphatic rings. The lowest BCUT2D eigenvalue weighted by molar-refractivity contribution is -0.129. The molecule has 3 nitrogen and oxygen atoms in total. The van der Waals surface area contributed by atoms with Crippen LogP contribution in [0, 0.1) is 5.92 Å². The molecule has 0 aliphatic carbocycles. The highest BCUT2D eigenvalue weighted by Crippen LogP contribution is 2.33. The Morgan fingerprint density at radius 2 is 2.22 bits per heavy atom.